The van der Waals surface area contributed by atoms with Crippen LogP contribution in [0.15, 0.2) is 24.4 Å². The van der Waals surface area contributed by atoms with Crippen molar-refractivity contribution in [3.63, 3.8) is 0 Å². The Balaban J connectivity index is 1.61. The van der Waals surface area contributed by atoms with Crippen LogP contribution in [0.5, 0.6) is 5.75 Å². The molecule has 1 aliphatic heterocycles. The first-order valence-electron chi connectivity index (χ1n) is 6.56. The van der Waals surface area contributed by atoms with E-state index in [1.165, 1.54) is 19.4 Å². The van der Waals surface area contributed by atoms with Crippen LogP contribution in [0.3, 0.4) is 0 Å². The van der Waals surface area contributed by atoms with Gasteiger partial charge in [-0.05, 0) is 44.6 Å². The second kappa shape index (κ2) is 4.98. The molecule has 1 unspecified atom stereocenters. The Hall–Kier alpha value is -1.55. The van der Waals surface area contributed by atoms with Crippen molar-refractivity contribution in [2.24, 2.45) is 5.92 Å². The molecular weight excluding hydrogens is 226 g/mol. The van der Waals surface area contributed by atoms with Gasteiger partial charge < -0.3 is 9.64 Å². The second-order valence-electron chi connectivity index (χ2n) is 5.20. The summed E-state index contributed by atoms with van der Waals surface area (Å²) in [5.41, 5.74) is 1.06. The lowest BCUT2D eigenvalue weighted by molar-refractivity contribution is 0.150. The lowest BCUT2D eigenvalue weighted by atomic mass is 10.00. The van der Waals surface area contributed by atoms with Gasteiger partial charge in [0.15, 0.2) is 0 Å². The first kappa shape index (κ1) is 11.5. The fourth-order valence-electron chi connectivity index (χ4n) is 2.63. The van der Waals surface area contributed by atoms with E-state index in [-0.39, 0.29) is 0 Å². The van der Waals surface area contributed by atoms with Crippen LogP contribution in [-0.2, 0) is 0 Å². The lowest BCUT2D eigenvalue weighted by Gasteiger charge is -2.29. The van der Waals surface area contributed by atoms with Gasteiger partial charge in [0.05, 0.1) is 18.3 Å². The Kier molecular flexibility index (Phi) is 3.19. The van der Waals surface area contributed by atoms with Gasteiger partial charge in [-0.1, -0.05) is 0 Å². The zero-order chi connectivity index (χ0) is 12.4. The number of rotatable bonds is 3. The number of hydrogen-bond donors (Lipinski definition) is 1. The van der Waals surface area contributed by atoms with Gasteiger partial charge in [0.2, 0.25) is 0 Å². The van der Waals surface area contributed by atoms with E-state index in [0.29, 0.717) is 5.92 Å². The number of H-pyrrole nitrogens is 1. The normalized spacial score (nSPS) is 21.3. The monoisotopic (exact) mass is 245 g/mol. The van der Waals surface area contributed by atoms with E-state index in [2.05, 4.69) is 22.1 Å². The average Bonchev–Trinajstić information content (AvgIpc) is 2.84. The number of nitrogens with zero attached hydrogens (tertiary/aromatic N) is 2. The van der Waals surface area contributed by atoms with E-state index in [4.69, 9.17) is 4.74 Å². The zero-order valence-electron chi connectivity index (χ0n) is 10.7. The highest BCUT2D eigenvalue weighted by molar-refractivity contribution is 5.79. The molecule has 0 radical (unpaired) electrons. The summed E-state index contributed by atoms with van der Waals surface area (Å²) < 4.78 is 5.90. The van der Waals surface area contributed by atoms with Crippen molar-refractivity contribution < 1.29 is 4.74 Å². The molecule has 1 aliphatic rings. The van der Waals surface area contributed by atoms with Crippen LogP contribution in [0.1, 0.15) is 12.8 Å². The lowest BCUT2D eigenvalue weighted by Crippen LogP contribution is -2.34. The van der Waals surface area contributed by atoms with E-state index < -0.39 is 0 Å². The van der Waals surface area contributed by atoms with Crippen LogP contribution in [0, 0.1) is 5.92 Å². The maximum atomic E-state index is 5.90. The Morgan fingerprint density at radius 1 is 1.50 bits per heavy atom. The Labute approximate surface area is 107 Å². The predicted octanol–water partition coefficient (Wildman–Crippen LogP) is 2.28. The third-order valence-electron chi connectivity index (χ3n) is 3.62. The summed E-state index contributed by atoms with van der Waals surface area (Å²) >= 11 is 0. The minimum Gasteiger partial charge on any atom is -0.493 e. The topological polar surface area (TPSA) is 41.1 Å². The SMILES string of the molecule is CN1CCCC(COc2ccc3[nH]ncc3c2)C1. The van der Waals surface area contributed by atoms with E-state index in [9.17, 15) is 0 Å². The molecule has 1 N–H and O–H groups in total. The molecule has 2 aromatic rings. The molecule has 0 aliphatic carbocycles. The highest BCUT2D eigenvalue weighted by atomic mass is 16.5. The molecule has 1 saturated heterocycles. The van der Waals surface area contributed by atoms with Gasteiger partial charge in [-0.15, -0.1) is 0 Å². The number of benzene rings is 1. The molecule has 0 spiro atoms. The van der Waals surface area contributed by atoms with Crippen molar-refractivity contribution in [3.05, 3.63) is 24.4 Å². The maximum Gasteiger partial charge on any atom is 0.120 e. The maximum absolute atomic E-state index is 5.90. The molecule has 0 amide bonds. The van der Waals surface area contributed by atoms with Gasteiger partial charge >= 0.3 is 0 Å². The highest BCUT2D eigenvalue weighted by Gasteiger charge is 2.17. The van der Waals surface area contributed by atoms with E-state index >= 15 is 0 Å². The number of aromatic nitrogens is 2. The number of ether oxygens (including phenoxy) is 1. The van der Waals surface area contributed by atoms with Crippen molar-refractivity contribution in [1.29, 1.82) is 0 Å². The van der Waals surface area contributed by atoms with Gasteiger partial charge in [-0.25, -0.2) is 0 Å². The molecule has 4 heteroatoms. The first-order valence-corrected chi connectivity index (χ1v) is 6.56. The molecule has 0 saturated carbocycles. The van der Waals surface area contributed by atoms with Crippen LogP contribution in [0.25, 0.3) is 10.9 Å². The predicted molar refractivity (Wildman–Crippen MR) is 71.8 cm³/mol. The third-order valence-corrected chi connectivity index (χ3v) is 3.62. The number of piperidine rings is 1. The summed E-state index contributed by atoms with van der Waals surface area (Å²) in [6, 6.07) is 6.07. The number of aromatic amines is 1. The second-order valence-corrected chi connectivity index (χ2v) is 5.20. The average molecular weight is 245 g/mol. The highest BCUT2D eigenvalue weighted by Crippen LogP contribution is 2.21. The quantitative estimate of drug-likeness (QED) is 0.902. The van der Waals surface area contributed by atoms with Crippen LogP contribution < -0.4 is 4.74 Å². The Bertz CT molecular complexity index is 522. The van der Waals surface area contributed by atoms with Crippen molar-refractivity contribution in [3.8, 4) is 5.75 Å². The summed E-state index contributed by atoms with van der Waals surface area (Å²) in [5, 5.41) is 8.07. The van der Waals surface area contributed by atoms with Crippen LogP contribution in [0.4, 0.5) is 0 Å². The van der Waals surface area contributed by atoms with Crippen LogP contribution >= 0.6 is 0 Å². The molecule has 1 aromatic carbocycles. The summed E-state index contributed by atoms with van der Waals surface area (Å²) in [6.45, 7) is 3.18. The van der Waals surface area contributed by atoms with Crippen molar-refractivity contribution in [2.75, 3.05) is 26.7 Å². The molecule has 0 bridgehead atoms. The molecule has 1 aromatic heterocycles. The van der Waals surface area contributed by atoms with Crippen LogP contribution in [-0.4, -0.2) is 41.8 Å². The number of hydrogen-bond acceptors (Lipinski definition) is 3. The Morgan fingerprint density at radius 2 is 2.44 bits per heavy atom. The van der Waals surface area contributed by atoms with Gasteiger partial charge in [0.1, 0.15) is 5.75 Å². The fraction of sp³-hybridized carbons (Fsp3) is 0.500. The zero-order valence-corrected chi connectivity index (χ0v) is 10.7. The number of likely N-dealkylation sites (tertiary alicyclic amines) is 1. The summed E-state index contributed by atoms with van der Waals surface area (Å²) in [7, 11) is 2.18. The summed E-state index contributed by atoms with van der Waals surface area (Å²) in [5.74, 6) is 1.60. The third kappa shape index (κ3) is 2.48. The van der Waals surface area contributed by atoms with E-state index in [1.54, 1.807) is 0 Å². The van der Waals surface area contributed by atoms with Gasteiger partial charge in [0.25, 0.3) is 0 Å². The molecular formula is C14H19N3O. The first-order chi connectivity index (χ1) is 8.81. The van der Waals surface area contributed by atoms with E-state index in [0.717, 1.165) is 29.8 Å². The fourth-order valence-corrected chi connectivity index (χ4v) is 2.63. The standard InChI is InChI=1S/C14H19N3O/c1-17-6-2-3-11(9-17)10-18-13-4-5-14-12(7-13)8-15-16-14/h4-5,7-8,11H,2-3,6,9-10H2,1H3,(H,15,16). The molecule has 1 atom stereocenters. The molecule has 4 nitrogen and oxygen atoms in total. The van der Waals surface area contributed by atoms with Gasteiger partial charge in [-0.2, -0.15) is 5.10 Å². The van der Waals surface area contributed by atoms with Crippen molar-refractivity contribution in [2.45, 2.75) is 12.8 Å². The Morgan fingerprint density at radius 3 is 3.33 bits per heavy atom. The molecule has 96 valence electrons. The largest absolute Gasteiger partial charge is 0.493 e. The molecule has 18 heavy (non-hydrogen) atoms. The van der Waals surface area contributed by atoms with Gasteiger partial charge in [-0.3, -0.25) is 5.10 Å². The molecule has 1 fully saturated rings. The molecule has 3 rings (SSSR count). The number of nitrogens with one attached hydrogen (secondary N) is 1. The minimum absolute atomic E-state index is 0.656. The van der Waals surface area contributed by atoms with E-state index in [1.807, 2.05) is 24.4 Å². The number of fused-ring (bicyclic) bond motifs is 1. The van der Waals surface area contributed by atoms with Gasteiger partial charge in [0, 0.05) is 17.8 Å². The van der Waals surface area contributed by atoms with Crippen molar-refractivity contribution in [1.82, 2.24) is 15.1 Å². The minimum atomic E-state index is 0.656. The van der Waals surface area contributed by atoms with Crippen LogP contribution in [0.2, 0.25) is 0 Å². The molecule has 2 heterocycles. The summed E-state index contributed by atoms with van der Waals surface area (Å²) in [6.07, 6.45) is 4.39. The van der Waals surface area contributed by atoms with Crippen molar-refractivity contribution >= 4 is 10.9 Å². The smallest absolute Gasteiger partial charge is 0.120 e. The summed E-state index contributed by atoms with van der Waals surface area (Å²) in [4.78, 5) is 2.39.